The molecular formula is C19H12ClNO. The van der Waals surface area contributed by atoms with Gasteiger partial charge in [0.25, 0.3) is 5.91 Å². The summed E-state index contributed by atoms with van der Waals surface area (Å²) in [5.41, 5.74) is 3.33. The van der Waals surface area contributed by atoms with E-state index in [4.69, 9.17) is 11.6 Å². The van der Waals surface area contributed by atoms with Gasteiger partial charge in [-0.3, -0.25) is 4.79 Å². The Morgan fingerprint density at radius 1 is 0.955 bits per heavy atom. The zero-order valence-electron chi connectivity index (χ0n) is 11.6. The molecule has 0 spiro atoms. The summed E-state index contributed by atoms with van der Waals surface area (Å²) < 4.78 is 0. The summed E-state index contributed by atoms with van der Waals surface area (Å²) in [6.07, 6.45) is 1.93. The van der Waals surface area contributed by atoms with E-state index in [-0.39, 0.29) is 5.91 Å². The monoisotopic (exact) mass is 305 g/mol. The van der Waals surface area contributed by atoms with E-state index >= 15 is 0 Å². The number of hydrogen-bond acceptors (Lipinski definition) is 1. The van der Waals surface area contributed by atoms with Crippen LogP contribution < -0.4 is 5.32 Å². The standard InChI is InChI=1S/C19H12ClNO/c20-14-8-9-18-16(11-14)17(19(22)21-18)10-13-6-3-5-12-4-1-2-7-15(12)13/h1-11H,(H,21,22). The fourth-order valence-electron chi connectivity index (χ4n) is 2.84. The Balaban J connectivity index is 1.93. The van der Waals surface area contributed by atoms with Crippen molar-refractivity contribution in [2.24, 2.45) is 0 Å². The predicted molar refractivity (Wildman–Crippen MR) is 91.9 cm³/mol. The topological polar surface area (TPSA) is 29.1 Å². The molecule has 2 nitrogen and oxygen atoms in total. The van der Waals surface area contributed by atoms with Gasteiger partial charge in [0.2, 0.25) is 0 Å². The highest BCUT2D eigenvalue weighted by Gasteiger charge is 2.24. The van der Waals surface area contributed by atoms with Gasteiger partial charge in [0, 0.05) is 21.8 Å². The maximum atomic E-state index is 12.3. The first-order chi connectivity index (χ1) is 10.7. The average molecular weight is 306 g/mol. The van der Waals surface area contributed by atoms with Crippen molar-refractivity contribution in [3.05, 3.63) is 76.8 Å². The maximum absolute atomic E-state index is 12.3. The molecule has 0 saturated heterocycles. The summed E-state index contributed by atoms with van der Waals surface area (Å²) in [4.78, 5) is 12.3. The number of carbonyl (C=O) groups is 1. The summed E-state index contributed by atoms with van der Waals surface area (Å²) in [5, 5.41) is 5.78. The SMILES string of the molecule is O=C1Nc2ccc(Cl)cc2C1=Cc1cccc2ccccc12. The van der Waals surface area contributed by atoms with E-state index in [0.29, 0.717) is 10.6 Å². The molecule has 0 radical (unpaired) electrons. The second-order valence-corrected chi connectivity index (χ2v) is 5.71. The van der Waals surface area contributed by atoms with E-state index in [1.807, 2.05) is 42.5 Å². The number of rotatable bonds is 1. The van der Waals surface area contributed by atoms with Gasteiger partial charge in [0.05, 0.1) is 0 Å². The third kappa shape index (κ3) is 2.09. The third-order valence-corrected chi connectivity index (χ3v) is 4.12. The van der Waals surface area contributed by atoms with Gasteiger partial charge in [0.15, 0.2) is 0 Å². The Morgan fingerprint density at radius 2 is 1.77 bits per heavy atom. The van der Waals surface area contributed by atoms with Crippen molar-refractivity contribution in [2.45, 2.75) is 0 Å². The van der Waals surface area contributed by atoms with Crippen LogP contribution in [-0.4, -0.2) is 5.91 Å². The average Bonchev–Trinajstić information content (AvgIpc) is 2.83. The second-order valence-electron chi connectivity index (χ2n) is 5.27. The lowest BCUT2D eigenvalue weighted by Crippen LogP contribution is -2.03. The van der Waals surface area contributed by atoms with Crippen molar-refractivity contribution < 1.29 is 4.79 Å². The minimum Gasteiger partial charge on any atom is -0.321 e. The first kappa shape index (κ1) is 13.1. The Labute approximate surface area is 133 Å². The van der Waals surface area contributed by atoms with E-state index in [9.17, 15) is 4.79 Å². The van der Waals surface area contributed by atoms with Gasteiger partial charge >= 0.3 is 0 Å². The first-order valence-electron chi connectivity index (χ1n) is 7.03. The van der Waals surface area contributed by atoms with Crippen LogP contribution in [-0.2, 0) is 4.79 Å². The quantitative estimate of drug-likeness (QED) is 0.631. The maximum Gasteiger partial charge on any atom is 0.256 e. The highest BCUT2D eigenvalue weighted by atomic mass is 35.5. The van der Waals surface area contributed by atoms with E-state index in [1.165, 1.54) is 0 Å². The van der Waals surface area contributed by atoms with Crippen LogP contribution in [0.1, 0.15) is 11.1 Å². The minimum absolute atomic E-state index is 0.0924. The van der Waals surface area contributed by atoms with Gasteiger partial charge in [-0.1, -0.05) is 54.1 Å². The molecule has 0 saturated carbocycles. The molecule has 0 bridgehead atoms. The number of hydrogen-bond donors (Lipinski definition) is 1. The molecule has 0 unspecified atom stereocenters. The third-order valence-electron chi connectivity index (χ3n) is 3.89. The highest BCUT2D eigenvalue weighted by molar-refractivity contribution is 6.37. The number of anilines is 1. The predicted octanol–water partition coefficient (Wildman–Crippen LogP) is 4.99. The molecule has 3 aromatic rings. The van der Waals surface area contributed by atoms with Crippen molar-refractivity contribution in [1.82, 2.24) is 0 Å². The molecule has 106 valence electrons. The molecule has 0 atom stereocenters. The molecule has 4 rings (SSSR count). The van der Waals surface area contributed by atoms with Gasteiger partial charge < -0.3 is 5.32 Å². The molecule has 3 heteroatoms. The van der Waals surface area contributed by atoms with Crippen molar-refractivity contribution in [2.75, 3.05) is 5.32 Å². The Bertz CT molecular complexity index is 938. The Kier molecular flexibility index (Phi) is 2.98. The van der Waals surface area contributed by atoms with Crippen LogP contribution in [0.25, 0.3) is 22.4 Å². The summed E-state index contributed by atoms with van der Waals surface area (Å²) in [7, 11) is 0. The Hall–Kier alpha value is -2.58. The highest BCUT2D eigenvalue weighted by Crippen LogP contribution is 2.35. The molecule has 1 heterocycles. The molecule has 0 aliphatic carbocycles. The summed E-state index contributed by atoms with van der Waals surface area (Å²) in [5.74, 6) is -0.0924. The fraction of sp³-hybridized carbons (Fsp3) is 0. The first-order valence-corrected chi connectivity index (χ1v) is 7.41. The van der Waals surface area contributed by atoms with E-state index in [2.05, 4.69) is 23.5 Å². The molecule has 22 heavy (non-hydrogen) atoms. The number of amides is 1. The van der Waals surface area contributed by atoms with Crippen molar-refractivity contribution in [3.8, 4) is 0 Å². The smallest absolute Gasteiger partial charge is 0.256 e. The molecule has 1 aliphatic rings. The van der Waals surface area contributed by atoms with Crippen molar-refractivity contribution in [1.29, 1.82) is 0 Å². The normalized spacial score (nSPS) is 15.1. The lowest BCUT2D eigenvalue weighted by molar-refractivity contribution is -0.110. The van der Waals surface area contributed by atoms with Gasteiger partial charge in [-0.2, -0.15) is 0 Å². The molecule has 1 amide bonds. The fourth-order valence-corrected chi connectivity index (χ4v) is 3.01. The van der Waals surface area contributed by atoms with Crippen LogP contribution in [0.15, 0.2) is 60.7 Å². The molecular weight excluding hydrogens is 294 g/mol. The second kappa shape index (κ2) is 5.00. The van der Waals surface area contributed by atoms with E-state index in [1.54, 1.807) is 6.07 Å². The van der Waals surface area contributed by atoms with E-state index in [0.717, 1.165) is 27.6 Å². The lowest BCUT2D eigenvalue weighted by Gasteiger charge is -2.04. The van der Waals surface area contributed by atoms with Crippen LogP contribution in [0.2, 0.25) is 5.02 Å². The van der Waals surface area contributed by atoms with Crippen molar-refractivity contribution in [3.63, 3.8) is 0 Å². The van der Waals surface area contributed by atoms with Crippen LogP contribution in [0.3, 0.4) is 0 Å². The van der Waals surface area contributed by atoms with Crippen LogP contribution in [0.4, 0.5) is 5.69 Å². The van der Waals surface area contributed by atoms with Gasteiger partial charge in [0.1, 0.15) is 0 Å². The summed E-state index contributed by atoms with van der Waals surface area (Å²) in [6, 6.07) is 19.7. The molecule has 3 aromatic carbocycles. The van der Waals surface area contributed by atoms with Crippen molar-refractivity contribution >= 4 is 45.6 Å². The molecule has 1 N–H and O–H groups in total. The number of carbonyl (C=O) groups excluding carboxylic acids is 1. The number of fused-ring (bicyclic) bond motifs is 2. The minimum atomic E-state index is -0.0924. The molecule has 0 aromatic heterocycles. The lowest BCUT2D eigenvalue weighted by atomic mass is 10.00. The summed E-state index contributed by atoms with van der Waals surface area (Å²) >= 11 is 6.07. The number of benzene rings is 3. The Morgan fingerprint density at radius 3 is 2.68 bits per heavy atom. The zero-order chi connectivity index (χ0) is 15.1. The zero-order valence-corrected chi connectivity index (χ0v) is 12.4. The van der Waals surface area contributed by atoms with Gasteiger partial charge in [-0.05, 0) is 40.6 Å². The molecule has 1 aliphatic heterocycles. The summed E-state index contributed by atoms with van der Waals surface area (Å²) in [6.45, 7) is 0. The molecule has 0 fully saturated rings. The van der Waals surface area contributed by atoms with Crippen LogP contribution in [0, 0.1) is 0 Å². The van der Waals surface area contributed by atoms with Crippen LogP contribution >= 0.6 is 11.6 Å². The van der Waals surface area contributed by atoms with E-state index < -0.39 is 0 Å². The number of halogens is 1. The van der Waals surface area contributed by atoms with Gasteiger partial charge in [-0.15, -0.1) is 0 Å². The largest absolute Gasteiger partial charge is 0.321 e. The van der Waals surface area contributed by atoms with Gasteiger partial charge in [-0.25, -0.2) is 0 Å². The van der Waals surface area contributed by atoms with Crippen LogP contribution in [0.5, 0.6) is 0 Å². The number of nitrogens with one attached hydrogen (secondary N) is 1.